The summed E-state index contributed by atoms with van der Waals surface area (Å²) < 4.78 is 5.45. The van der Waals surface area contributed by atoms with Crippen LogP contribution in [0, 0.1) is 23.2 Å². The van der Waals surface area contributed by atoms with Crippen LogP contribution < -0.4 is 10.1 Å². The molecule has 112 valence electrons. The summed E-state index contributed by atoms with van der Waals surface area (Å²) in [5, 5.41) is 11.8. The number of carbonyl (C=O) groups excluding carboxylic acids is 1. The molecule has 0 radical (unpaired) electrons. The maximum Gasteiger partial charge on any atom is 0.258 e. The zero-order valence-electron chi connectivity index (χ0n) is 12.6. The van der Waals surface area contributed by atoms with Gasteiger partial charge < -0.3 is 10.1 Å². The highest BCUT2D eigenvalue weighted by Gasteiger charge is 2.28. The maximum absolute atomic E-state index is 12.0. The van der Waals surface area contributed by atoms with Gasteiger partial charge in [-0.1, -0.05) is 26.7 Å². The zero-order chi connectivity index (χ0) is 15.2. The Hall–Kier alpha value is -2.02. The number of hydrogen-bond donors (Lipinski definition) is 1. The van der Waals surface area contributed by atoms with Gasteiger partial charge in [0.2, 0.25) is 0 Å². The van der Waals surface area contributed by atoms with E-state index in [1.54, 1.807) is 24.3 Å². The Morgan fingerprint density at radius 2 is 2.05 bits per heavy atom. The van der Waals surface area contributed by atoms with Crippen LogP contribution in [0.3, 0.4) is 0 Å². The molecule has 1 N–H and O–H groups in total. The van der Waals surface area contributed by atoms with Crippen LogP contribution >= 0.6 is 0 Å². The van der Waals surface area contributed by atoms with Gasteiger partial charge in [0.25, 0.3) is 5.91 Å². The molecule has 0 spiro atoms. The van der Waals surface area contributed by atoms with Crippen molar-refractivity contribution < 1.29 is 9.53 Å². The van der Waals surface area contributed by atoms with Gasteiger partial charge in [-0.15, -0.1) is 0 Å². The molecule has 1 aliphatic carbocycles. The Morgan fingerprint density at radius 3 is 2.71 bits per heavy atom. The van der Waals surface area contributed by atoms with E-state index in [1.165, 1.54) is 12.8 Å². The van der Waals surface area contributed by atoms with Crippen molar-refractivity contribution in [2.24, 2.45) is 11.8 Å². The monoisotopic (exact) mass is 286 g/mol. The van der Waals surface area contributed by atoms with Crippen molar-refractivity contribution >= 4 is 5.91 Å². The van der Waals surface area contributed by atoms with E-state index in [2.05, 4.69) is 19.2 Å². The molecule has 4 nitrogen and oxygen atoms in total. The van der Waals surface area contributed by atoms with Crippen LogP contribution in [0.15, 0.2) is 24.3 Å². The van der Waals surface area contributed by atoms with E-state index in [0.29, 0.717) is 23.1 Å². The third kappa shape index (κ3) is 4.22. The molecule has 0 heterocycles. The summed E-state index contributed by atoms with van der Waals surface area (Å²) in [4.78, 5) is 12.0. The van der Waals surface area contributed by atoms with Crippen molar-refractivity contribution in [3.05, 3.63) is 29.8 Å². The minimum absolute atomic E-state index is 0.0174. The Balaban J connectivity index is 1.80. The van der Waals surface area contributed by atoms with Crippen LogP contribution in [-0.2, 0) is 4.79 Å². The number of carbonyl (C=O) groups is 1. The third-order valence-electron chi connectivity index (χ3n) is 4.41. The normalized spacial score (nSPS) is 24.9. The first kappa shape index (κ1) is 15.4. The van der Waals surface area contributed by atoms with Crippen LogP contribution in [0.1, 0.15) is 38.7 Å². The molecule has 2 rings (SSSR count). The second kappa shape index (κ2) is 7.12. The minimum atomic E-state index is -0.0784. The van der Waals surface area contributed by atoms with Gasteiger partial charge >= 0.3 is 0 Å². The summed E-state index contributed by atoms with van der Waals surface area (Å²) in [6, 6.07) is 9.07. The number of benzene rings is 1. The van der Waals surface area contributed by atoms with Crippen LogP contribution in [-0.4, -0.2) is 18.6 Å². The Labute approximate surface area is 126 Å². The average Bonchev–Trinajstić information content (AvgIpc) is 2.50. The van der Waals surface area contributed by atoms with Gasteiger partial charge in [-0.05, 0) is 42.5 Å². The van der Waals surface area contributed by atoms with Gasteiger partial charge in [-0.3, -0.25) is 4.79 Å². The molecule has 4 heteroatoms. The highest BCUT2D eigenvalue weighted by atomic mass is 16.5. The van der Waals surface area contributed by atoms with E-state index >= 15 is 0 Å². The molecular formula is C17H22N2O2. The van der Waals surface area contributed by atoms with Crippen LogP contribution in [0.5, 0.6) is 5.75 Å². The third-order valence-corrected chi connectivity index (χ3v) is 4.41. The van der Waals surface area contributed by atoms with Crippen molar-refractivity contribution in [1.29, 1.82) is 5.26 Å². The minimum Gasteiger partial charge on any atom is -0.484 e. The molecule has 1 aliphatic rings. The molecule has 1 aromatic rings. The van der Waals surface area contributed by atoms with Crippen molar-refractivity contribution in [3.63, 3.8) is 0 Å². The summed E-state index contributed by atoms with van der Waals surface area (Å²) in [5.41, 5.74) is 0.580. The van der Waals surface area contributed by atoms with Crippen molar-refractivity contribution in [2.75, 3.05) is 6.61 Å². The first-order valence-electron chi connectivity index (χ1n) is 7.52. The molecule has 1 saturated carbocycles. The molecule has 1 aromatic carbocycles. The Morgan fingerprint density at radius 1 is 1.33 bits per heavy atom. The maximum atomic E-state index is 12.0. The predicted octanol–water partition coefficient (Wildman–Crippen LogP) is 2.88. The van der Waals surface area contributed by atoms with E-state index < -0.39 is 0 Å². The number of ether oxygens (including phenoxy) is 1. The molecule has 0 bridgehead atoms. The van der Waals surface area contributed by atoms with Crippen LogP contribution in [0.25, 0.3) is 0 Å². The van der Waals surface area contributed by atoms with E-state index in [4.69, 9.17) is 10.00 Å². The molecule has 0 unspecified atom stereocenters. The van der Waals surface area contributed by atoms with Gasteiger partial charge in [0.15, 0.2) is 6.61 Å². The molecule has 0 saturated heterocycles. The molecule has 0 aromatic heterocycles. The summed E-state index contributed by atoms with van der Waals surface area (Å²) in [7, 11) is 0. The fraction of sp³-hybridized carbons (Fsp3) is 0.529. The summed E-state index contributed by atoms with van der Waals surface area (Å²) in [5.74, 6) is 1.70. The summed E-state index contributed by atoms with van der Waals surface area (Å²) in [6.07, 6.45) is 3.47. The number of rotatable bonds is 4. The van der Waals surface area contributed by atoms with Crippen LogP contribution in [0.2, 0.25) is 0 Å². The van der Waals surface area contributed by atoms with E-state index in [-0.39, 0.29) is 18.6 Å². The smallest absolute Gasteiger partial charge is 0.258 e. The first-order valence-corrected chi connectivity index (χ1v) is 7.52. The lowest BCUT2D eigenvalue weighted by Gasteiger charge is -2.34. The van der Waals surface area contributed by atoms with Gasteiger partial charge in [0.1, 0.15) is 5.75 Å². The predicted molar refractivity (Wildman–Crippen MR) is 80.8 cm³/mol. The van der Waals surface area contributed by atoms with E-state index in [9.17, 15) is 4.79 Å². The van der Waals surface area contributed by atoms with E-state index in [1.807, 2.05) is 6.07 Å². The van der Waals surface area contributed by atoms with Gasteiger partial charge in [0.05, 0.1) is 11.6 Å². The summed E-state index contributed by atoms with van der Waals surface area (Å²) >= 11 is 0. The molecule has 1 fully saturated rings. The first-order chi connectivity index (χ1) is 10.1. The lowest BCUT2D eigenvalue weighted by Crippen LogP contribution is -2.45. The van der Waals surface area contributed by atoms with Crippen molar-refractivity contribution in [3.8, 4) is 11.8 Å². The molecule has 3 atom stereocenters. The summed E-state index contributed by atoms with van der Waals surface area (Å²) in [6.45, 7) is 4.47. The standard InChI is InChI=1S/C17H22N2O2/c1-12-4-3-5-16(13(12)2)19-17(20)11-21-15-8-6-14(10-18)7-9-15/h6-9,12-13,16H,3-5,11H2,1-2H3,(H,19,20)/t12-,13-,16+/m0/s1. The van der Waals surface area contributed by atoms with Crippen molar-refractivity contribution in [2.45, 2.75) is 39.2 Å². The topological polar surface area (TPSA) is 62.1 Å². The Bertz CT molecular complexity index is 519. The van der Waals surface area contributed by atoms with Gasteiger partial charge in [-0.25, -0.2) is 0 Å². The SMILES string of the molecule is C[C@H]1[C@@H](C)CCC[C@H]1NC(=O)COc1ccc(C#N)cc1. The number of nitrogens with zero attached hydrogens (tertiary/aromatic N) is 1. The molecule has 21 heavy (non-hydrogen) atoms. The average molecular weight is 286 g/mol. The lowest BCUT2D eigenvalue weighted by atomic mass is 9.78. The molecular weight excluding hydrogens is 264 g/mol. The number of nitrogens with one attached hydrogen (secondary N) is 1. The second-order valence-electron chi connectivity index (χ2n) is 5.87. The largest absolute Gasteiger partial charge is 0.484 e. The highest BCUT2D eigenvalue weighted by Crippen LogP contribution is 2.29. The van der Waals surface area contributed by atoms with Crippen molar-refractivity contribution in [1.82, 2.24) is 5.32 Å². The quantitative estimate of drug-likeness (QED) is 0.925. The van der Waals surface area contributed by atoms with E-state index in [0.717, 1.165) is 6.42 Å². The van der Waals surface area contributed by atoms with Gasteiger partial charge in [-0.2, -0.15) is 5.26 Å². The zero-order valence-corrected chi connectivity index (χ0v) is 12.6. The van der Waals surface area contributed by atoms with Gasteiger partial charge in [0, 0.05) is 6.04 Å². The number of nitriles is 1. The lowest BCUT2D eigenvalue weighted by molar-refractivity contribution is -0.124. The molecule has 0 aliphatic heterocycles. The molecule has 1 amide bonds. The number of hydrogen-bond acceptors (Lipinski definition) is 3. The second-order valence-corrected chi connectivity index (χ2v) is 5.87. The van der Waals surface area contributed by atoms with Crippen LogP contribution in [0.4, 0.5) is 0 Å². The number of amides is 1. The fourth-order valence-corrected chi connectivity index (χ4v) is 2.81. The Kier molecular flexibility index (Phi) is 5.21. The highest BCUT2D eigenvalue weighted by molar-refractivity contribution is 5.77. The fourth-order valence-electron chi connectivity index (χ4n) is 2.81.